The summed E-state index contributed by atoms with van der Waals surface area (Å²) in [6, 6.07) is 1.94. The molecule has 2 heterocycles. The predicted octanol–water partition coefficient (Wildman–Crippen LogP) is 2.38. The predicted molar refractivity (Wildman–Crippen MR) is 55.6 cm³/mol. The molecule has 2 aromatic heterocycles. The fourth-order valence-corrected chi connectivity index (χ4v) is 1.74. The Hall–Kier alpha value is -1.64. The molecule has 0 aliphatic carbocycles. The lowest BCUT2D eigenvalue weighted by Crippen LogP contribution is -1.91. The van der Waals surface area contributed by atoms with Crippen molar-refractivity contribution in [2.75, 3.05) is 0 Å². The zero-order valence-corrected chi connectivity index (χ0v) is 8.51. The number of aromatic nitrogens is 2. The van der Waals surface area contributed by atoms with Crippen LogP contribution >= 0.6 is 0 Å². The van der Waals surface area contributed by atoms with Gasteiger partial charge in [-0.25, -0.2) is 0 Å². The summed E-state index contributed by atoms with van der Waals surface area (Å²) in [7, 11) is 0. The molecule has 14 heavy (non-hydrogen) atoms. The molecule has 72 valence electrons. The lowest BCUT2D eigenvalue weighted by atomic mass is 10.1. The number of hydrogen-bond donors (Lipinski definition) is 1. The van der Waals surface area contributed by atoms with Crippen LogP contribution in [-0.4, -0.2) is 15.8 Å². The lowest BCUT2D eigenvalue weighted by molar-refractivity contribution is 0.101. The van der Waals surface area contributed by atoms with E-state index < -0.39 is 0 Å². The minimum absolute atomic E-state index is 0.0845. The van der Waals surface area contributed by atoms with Gasteiger partial charge in [-0.3, -0.25) is 9.78 Å². The van der Waals surface area contributed by atoms with Crippen molar-refractivity contribution in [1.29, 1.82) is 0 Å². The van der Waals surface area contributed by atoms with Crippen LogP contribution in [0.3, 0.4) is 0 Å². The molecular weight excluding hydrogens is 176 g/mol. The number of carbonyl (C=O) groups is 1. The van der Waals surface area contributed by atoms with Crippen molar-refractivity contribution < 1.29 is 4.79 Å². The molecule has 0 spiro atoms. The summed E-state index contributed by atoms with van der Waals surface area (Å²) in [6.07, 6.45) is 1.75. The first-order valence-electron chi connectivity index (χ1n) is 4.56. The Morgan fingerprint density at radius 1 is 1.43 bits per heavy atom. The first-order valence-corrected chi connectivity index (χ1v) is 4.56. The fraction of sp³-hybridized carbons (Fsp3) is 0.273. The van der Waals surface area contributed by atoms with E-state index in [1.165, 1.54) is 0 Å². The molecule has 0 fully saturated rings. The molecule has 0 unspecified atom stereocenters. The van der Waals surface area contributed by atoms with E-state index in [1.807, 2.05) is 19.9 Å². The van der Waals surface area contributed by atoms with Gasteiger partial charge in [0.15, 0.2) is 5.78 Å². The van der Waals surface area contributed by atoms with Crippen LogP contribution in [0, 0.1) is 13.8 Å². The fourth-order valence-electron chi connectivity index (χ4n) is 1.74. The minimum Gasteiger partial charge on any atom is -0.359 e. The molecule has 0 atom stereocenters. The van der Waals surface area contributed by atoms with E-state index in [4.69, 9.17) is 0 Å². The van der Waals surface area contributed by atoms with E-state index >= 15 is 0 Å². The van der Waals surface area contributed by atoms with Gasteiger partial charge in [0.2, 0.25) is 0 Å². The van der Waals surface area contributed by atoms with Crippen LogP contribution in [0.15, 0.2) is 12.3 Å². The second kappa shape index (κ2) is 2.94. The number of nitrogens with one attached hydrogen (secondary N) is 1. The summed E-state index contributed by atoms with van der Waals surface area (Å²) in [5, 5.41) is 0.975. The van der Waals surface area contributed by atoms with Crippen molar-refractivity contribution in [3.63, 3.8) is 0 Å². The van der Waals surface area contributed by atoms with Gasteiger partial charge in [0.05, 0.1) is 11.2 Å². The maximum absolute atomic E-state index is 11.3. The van der Waals surface area contributed by atoms with Crippen molar-refractivity contribution in [3.05, 3.63) is 29.2 Å². The van der Waals surface area contributed by atoms with E-state index in [1.54, 1.807) is 13.1 Å². The zero-order chi connectivity index (χ0) is 10.3. The van der Waals surface area contributed by atoms with Gasteiger partial charge in [-0.1, -0.05) is 0 Å². The summed E-state index contributed by atoms with van der Waals surface area (Å²) in [4.78, 5) is 18.7. The highest BCUT2D eigenvalue weighted by atomic mass is 16.1. The molecule has 0 amide bonds. The number of aryl methyl sites for hydroxylation is 2. The average Bonchev–Trinajstić information content (AvgIpc) is 2.47. The summed E-state index contributed by atoms with van der Waals surface area (Å²) in [6.45, 7) is 5.45. The third-order valence-electron chi connectivity index (χ3n) is 2.36. The second-order valence-corrected chi connectivity index (χ2v) is 3.53. The highest BCUT2D eigenvalue weighted by molar-refractivity contribution is 6.07. The monoisotopic (exact) mass is 188 g/mol. The van der Waals surface area contributed by atoms with E-state index in [-0.39, 0.29) is 5.78 Å². The largest absolute Gasteiger partial charge is 0.359 e. The third-order valence-corrected chi connectivity index (χ3v) is 2.36. The van der Waals surface area contributed by atoms with Crippen molar-refractivity contribution in [2.24, 2.45) is 0 Å². The van der Waals surface area contributed by atoms with Crippen molar-refractivity contribution in [3.8, 4) is 0 Å². The van der Waals surface area contributed by atoms with Gasteiger partial charge in [0.1, 0.15) is 0 Å². The van der Waals surface area contributed by atoms with Crippen molar-refractivity contribution >= 4 is 16.7 Å². The van der Waals surface area contributed by atoms with E-state index in [0.29, 0.717) is 0 Å². The Labute approximate surface area is 82.2 Å². The topological polar surface area (TPSA) is 45.8 Å². The number of aromatic amines is 1. The molecule has 0 aromatic carbocycles. The Kier molecular flexibility index (Phi) is 1.88. The molecule has 0 bridgehead atoms. The molecule has 2 rings (SSSR count). The maximum atomic E-state index is 11.3. The van der Waals surface area contributed by atoms with Gasteiger partial charge in [-0.2, -0.15) is 0 Å². The molecule has 0 aliphatic heterocycles. The highest BCUT2D eigenvalue weighted by Gasteiger charge is 2.10. The van der Waals surface area contributed by atoms with Crippen LogP contribution in [0.5, 0.6) is 0 Å². The Bertz CT molecular complexity index is 511. The van der Waals surface area contributed by atoms with E-state index in [0.717, 1.165) is 27.9 Å². The Balaban J connectivity index is 2.85. The molecule has 0 saturated heterocycles. The molecule has 1 N–H and O–H groups in total. The van der Waals surface area contributed by atoms with Gasteiger partial charge < -0.3 is 4.98 Å². The quantitative estimate of drug-likeness (QED) is 0.698. The SMILES string of the molecule is CC(=O)c1c[nH]c2c(C)nc(C)cc12. The number of hydrogen-bond acceptors (Lipinski definition) is 2. The molecular formula is C11H12N2O. The summed E-state index contributed by atoms with van der Waals surface area (Å²) < 4.78 is 0. The van der Waals surface area contributed by atoms with Gasteiger partial charge >= 0.3 is 0 Å². The Morgan fingerprint density at radius 3 is 2.79 bits per heavy atom. The number of fused-ring (bicyclic) bond motifs is 1. The van der Waals surface area contributed by atoms with Gasteiger partial charge in [0, 0.05) is 22.8 Å². The second-order valence-electron chi connectivity index (χ2n) is 3.53. The molecule has 0 aliphatic rings. The van der Waals surface area contributed by atoms with Crippen molar-refractivity contribution in [1.82, 2.24) is 9.97 Å². The standard InChI is InChI=1S/C11H12N2O/c1-6-4-9-10(8(3)14)5-12-11(9)7(2)13-6/h4-5,12H,1-3H3. The molecule has 0 saturated carbocycles. The maximum Gasteiger partial charge on any atom is 0.161 e. The number of pyridine rings is 1. The van der Waals surface area contributed by atoms with Crippen LogP contribution in [0.25, 0.3) is 10.9 Å². The molecule has 3 nitrogen and oxygen atoms in total. The van der Waals surface area contributed by atoms with Gasteiger partial charge in [-0.15, -0.1) is 0 Å². The summed E-state index contributed by atoms with van der Waals surface area (Å²) in [5.41, 5.74) is 3.58. The zero-order valence-electron chi connectivity index (χ0n) is 8.51. The number of nitrogens with zero attached hydrogens (tertiary/aromatic N) is 1. The first kappa shape index (κ1) is 8.94. The van der Waals surface area contributed by atoms with Crippen LogP contribution in [0.4, 0.5) is 0 Å². The van der Waals surface area contributed by atoms with Crippen molar-refractivity contribution in [2.45, 2.75) is 20.8 Å². The normalized spacial score (nSPS) is 10.8. The van der Waals surface area contributed by atoms with Crippen LogP contribution in [0.2, 0.25) is 0 Å². The molecule has 3 heteroatoms. The molecule has 0 radical (unpaired) electrons. The number of carbonyl (C=O) groups excluding carboxylic acids is 1. The smallest absolute Gasteiger partial charge is 0.161 e. The molecule has 2 aromatic rings. The number of rotatable bonds is 1. The highest BCUT2D eigenvalue weighted by Crippen LogP contribution is 2.21. The average molecular weight is 188 g/mol. The van der Waals surface area contributed by atoms with Crippen LogP contribution < -0.4 is 0 Å². The van der Waals surface area contributed by atoms with E-state index in [9.17, 15) is 4.79 Å². The van der Waals surface area contributed by atoms with Gasteiger partial charge in [-0.05, 0) is 26.8 Å². The van der Waals surface area contributed by atoms with Crippen LogP contribution in [0.1, 0.15) is 28.7 Å². The lowest BCUT2D eigenvalue weighted by Gasteiger charge is -1.99. The van der Waals surface area contributed by atoms with E-state index in [2.05, 4.69) is 9.97 Å². The number of Topliss-reactive ketones (excluding diaryl/α,β-unsaturated/α-hetero) is 1. The first-order chi connectivity index (χ1) is 6.59. The van der Waals surface area contributed by atoms with Gasteiger partial charge in [0.25, 0.3) is 0 Å². The number of H-pyrrole nitrogens is 1. The number of ketones is 1. The Morgan fingerprint density at radius 2 is 2.14 bits per heavy atom. The third kappa shape index (κ3) is 1.21. The van der Waals surface area contributed by atoms with Crippen LogP contribution in [-0.2, 0) is 0 Å². The summed E-state index contributed by atoms with van der Waals surface area (Å²) >= 11 is 0. The minimum atomic E-state index is 0.0845. The summed E-state index contributed by atoms with van der Waals surface area (Å²) in [5.74, 6) is 0.0845.